The smallest absolute Gasteiger partial charge is 0.330 e. The first-order valence-corrected chi connectivity index (χ1v) is 19.0. The molecular weight excluding hydrogens is 769 g/mol. The third-order valence-corrected chi connectivity index (χ3v) is 12.1. The Bertz CT molecular complexity index is 2500. The van der Waals surface area contributed by atoms with Crippen LogP contribution in [0.4, 0.5) is 20.3 Å². The molecule has 3 aliphatic rings. The van der Waals surface area contributed by atoms with Crippen LogP contribution in [-0.4, -0.2) is 90.9 Å². The number of benzene rings is 2. The van der Waals surface area contributed by atoms with Gasteiger partial charge in [-0.2, -0.15) is 0 Å². The lowest BCUT2D eigenvalue weighted by Crippen LogP contribution is -2.47. The van der Waals surface area contributed by atoms with Crippen molar-refractivity contribution in [3.63, 3.8) is 0 Å². The van der Waals surface area contributed by atoms with Crippen LogP contribution in [0, 0.1) is 0 Å². The predicted molar refractivity (Wildman–Crippen MR) is 210 cm³/mol. The summed E-state index contributed by atoms with van der Waals surface area (Å²) in [4.78, 5) is 39.2. The van der Waals surface area contributed by atoms with E-state index >= 15 is 0 Å². The van der Waals surface area contributed by atoms with Gasteiger partial charge in [0, 0.05) is 74.1 Å². The molecule has 2 saturated heterocycles. The highest BCUT2D eigenvalue weighted by Gasteiger charge is 2.49. The average molecular weight is 810 g/mol. The Morgan fingerprint density at radius 1 is 1.04 bits per heavy atom. The number of ether oxygens (including phenoxy) is 1. The van der Waals surface area contributed by atoms with Gasteiger partial charge in [-0.3, -0.25) is 29.0 Å². The predicted octanol–water partition coefficient (Wildman–Crippen LogP) is 4.96. The maximum absolute atomic E-state index is 14.0. The minimum absolute atomic E-state index is 0.00175. The molecule has 3 atom stereocenters. The number of alkyl halides is 2. The van der Waals surface area contributed by atoms with E-state index in [4.69, 9.17) is 32.9 Å². The first-order chi connectivity index (χ1) is 26.8. The number of aliphatic hydroxyl groups is 2. The first-order valence-electron chi connectivity index (χ1n) is 18.2. The molecule has 0 bridgehead atoms. The Hall–Kier alpha value is -4.48. The summed E-state index contributed by atoms with van der Waals surface area (Å²) in [5.41, 5.74) is 2.55. The van der Waals surface area contributed by atoms with Crippen LogP contribution in [0.15, 0.2) is 58.1 Å². The number of nitrogens with zero attached hydrogens (tertiary/aromatic N) is 6. The number of halogens is 4. The molecule has 2 aliphatic heterocycles. The zero-order valence-corrected chi connectivity index (χ0v) is 32.3. The normalized spacial score (nSPS) is 21.2. The van der Waals surface area contributed by atoms with E-state index in [0.717, 1.165) is 58.7 Å². The average Bonchev–Trinajstić information content (AvgIpc) is 3.89. The fourth-order valence-corrected chi connectivity index (χ4v) is 9.19. The number of β-amino-alcohol motifs (C(OH)–C–C–N with tert-alkyl or cyclic N) is 1. The van der Waals surface area contributed by atoms with E-state index in [-0.39, 0.29) is 45.6 Å². The number of aryl methyl sites for hydroxylation is 2. The van der Waals surface area contributed by atoms with Crippen LogP contribution in [-0.2, 0) is 20.5 Å². The van der Waals surface area contributed by atoms with E-state index in [1.165, 1.54) is 14.1 Å². The summed E-state index contributed by atoms with van der Waals surface area (Å²) in [6.07, 6.45) is -1.21. The summed E-state index contributed by atoms with van der Waals surface area (Å²) in [6.45, 7) is 2.61. The van der Waals surface area contributed by atoms with Gasteiger partial charge in [0.05, 0.1) is 40.7 Å². The molecule has 8 rings (SSSR count). The second kappa shape index (κ2) is 14.8. The summed E-state index contributed by atoms with van der Waals surface area (Å²) in [5, 5.41) is 26.9. The molecule has 1 spiro atoms. The molecule has 1 unspecified atom stereocenters. The molecule has 294 valence electrons. The number of hydrogen-bond donors (Lipinski definition) is 4. The molecule has 2 fully saturated rings. The Labute approximate surface area is 330 Å². The quantitative estimate of drug-likeness (QED) is 0.160. The number of pyridine rings is 2. The molecule has 0 amide bonds. The van der Waals surface area contributed by atoms with Gasteiger partial charge in [0.2, 0.25) is 5.88 Å². The summed E-state index contributed by atoms with van der Waals surface area (Å²) in [6, 6.07) is 13.8. The van der Waals surface area contributed by atoms with Crippen LogP contribution in [0.2, 0.25) is 10.0 Å². The summed E-state index contributed by atoms with van der Waals surface area (Å²) in [5.74, 6) is 0.341. The fourth-order valence-electron chi connectivity index (χ4n) is 8.59. The van der Waals surface area contributed by atoms with Gasteiger partial charge in [0.1, 0.15) is 16.9 Å². The molecule has 5 aromatic rings. The highest BCUT2D eigenvalue weighted by Crippen LogP contribution is 2.47. The van der Waals surface area contributed by atoms with Crippen molar-refractivity contribution in [1.29, 1.82) is 0 Å². The minimum Gasteiger partial charge on any atom is -0.481 e. The third-order valence-electron chi connectivity index (χ3n) is 11.3. The number of methoxy groups -OCH3 is 1. The molecule has 4 N–H and O–H groups in total. The van der Waals surface area contributed by atoms with Crippen molar-refractivity contribution < 1.29 is 23.7 Å². The van der Waals surface area contributed by atoms with Gasteiger partial charge in [0.15, 0.2) is 6.35 Å². The molecule has 17 heteroatoms. The lowest BCUT2D eigenvalue weighted by atomic mass is 9.99. The lowest BCUT2D eigenvalue weighted by molar-refractivity contribution is 0.0118. The number of fused-ring (bicyclic) bond motifs is 2. The SMILES string of the molecule is COc1nc(-c2cccc(-c3cccc(Nc4nc(C(F)F)cc5c4c(=O)n(C)c(=O)n5C)c3Cl)c2Cl)cc2c1[C@H](N1CC[C@@]3(CN(CCO)C(O)N3)C1)CC2. The monoisotopic (exact) mass is 808 g/mol. The van der Waals surface area contributed by atoms with Gasteiger partial charge in [-0.15, -0.1) is 0 Å². The molecule has 3 aromatic heterocycles. The molecule has 56 heavy (non-hydrogen) atoms. The second-order valence-electron chi connectivity index (χ2n) is 14.6. The van der Waals surface area contributed by atoms with Crippen molar-refractivity contribution in [1.82, 2.24) is 34.2 Å². The zero-order chi connectivity index (χ0) is 39.6. The van der Waals surface area contributed by atoms with Crippen LogP contribution in [0.5, 0.6) is 5.88 Å². The standard InChI is InChI=1S/C39H40Cl2F2N8O5/c1-48-28-17-26(33(42)43)45-34(30(28)36(53)49(2)38(48)55)44-24-9-5-7-22(32(24)41)21-6-4-8-23(31(21)40)25-16-20-10-11-27(29(20)35(46-25)56-3)50-13-12-39(18-50)19-51(14-15-52)37(54)47-39/h4-9,16-17,27,33,37,47,52,54H,10-15,18-19H2,1-3H3,(H,44,45)/t27-,37?,39+/m1/s1. The molecule has 1 aliphatic carbocycles. The molecule has 13 nitrogen and oxygen atoms in total. The van der Waals surface area contributed by atoms with E-state index in [9.17, 15) is 28.6 Å². The highest BCUT2D eigenvalue weighted by atomic mass is 35.5. The number of likely N-dealkylation sites (tertiary alicyclic amines) is 1. The van der Waals surface area contributed by atoms with Crippen molar-refractivity contribution in [3.8, 4) is 28.3 Å². The summed E-state index contributed by atoms with van der Waals surface area (Å²) >= 11 is 14.2. The van der Waals surface area contributed by atoms with Crippen molar-refractivity contribution in [2.75, 3.05) is 45.2 Å². The zero-order valence-electron chi connectivity index (χ0n) is 30.8. The lowest BCUT2D eigenvalue weighted by Gasteiger charge is -2.29. The van der Waals surface area contributed by atoms with Crippen LogP contribution in [0.1, 0.15) is 42.1 Å². The van der Waals surface area contributed by atoms with Crippen LogP contribution in [0.3, 0.4) is 0 Å². The maximum Gasteiger partial charge on any atom is 0.330 e. The van der Waals surface area contributed by atoms with Gasteiger partial charge >= 0.3 is 5.69 Å². The van der Waals surface area contributed by atoms with Crippen LogP contribution >= 0.6 is 23.2 Å². The van der Waals surface area contributed by atoms with E-state index in [0.29, 0.717) is 46.4 Å². The van der Waals surface area contributed by atoms with E-state index in [1.54, 1.807) is 25.3 Å². The van der Waals surface area contributed by atoms with Gasteiger partial charge in [0.25, 0.3) is 12.0 Å². The molecule has 2 aromatic carbocycles. The van der Waals surface area contributed by atoms with Gasteiger partial charge in [-0.05, 0) is 43.0 Å². The number of anilines is 2. The number of aromatic nitrogens is 4. The van der Waals surface area contributed by atoms with Crippen LogP contribution in [0.25, 0.3) is 33.3 Å². The molecule has 0 radical (unpaired) electrons. The van der Waals surface area contributed by atoms with E-state index in [1.807, 2.05) is 23.1 Å². The topological polar surface area (TPSA) is 150 Å². The van der Waals surface area contributed by atoms with E-state index < -0.39 is 29.7 Å². The van der Waals surface area contributed by atoms with Crippen molar-refractivity contribution in [2.24, 2.45) is 14.1 Å². The number of hydrogen-bond acceptors (Lipinski definition) is 11. The Morgan fingerprint density at radius 2 is 1.77 bits per heavy atom. The second-order valence-corrected chi connectivity index (χ2v) is 15.4. The van der Waals surface area contributed by atoms with Gasteiger partial charge in [-0.1, -0.05) is 53.5 Å². The number of nitrogens with one attached hydrogen (secondary N) is 2. The molecule has 5 heterocycles. The number of rotatable bonds is 9. The van der Waals surface area contributed by atoms with Crippen molar-refractivity contribution in [3.05, 3.63) is 96.2 Å². The Morgan fingerprint density at radius 3 is 2.50 bits per heavy atom. The largest absolute Gasteiger partial charge is 0.481 e. The van der Waals surface area contributed by atoms with Crippen molar-refractivity contribution in [2.45, 2.75) is 43.6 Å². The van der Waals surface area contributed by atoms with Gasteiger partial charge < -0.3 is 20.3 Å². The summed E-state index contributed by atoms with van der Waals surface area (Å²) in [7, 11) is 4.31. The van der Waals surface area contributed by atoms with E-state index in [2.05, 4.69) is 26.6 Å². The third kappa shape index (κ3) is 6.44. The summed E-state index contributed by atoms with van der Waals surface area (Å²) < 4.78 is 35.9. The maximum atomic E-state index is 14.0. The van der Waals surface area contributed by atoms with Crippen molar-refractivity contribution >= 4 is 45.6 Å². The first kappa shape index (κ1) is 38.4. The molecular formula is C39H40Cl2F2N8O5. The Balaban J connectivity index is 1.12. The number of aliphatic hydroxyl groups excluding tert-OH is 2. The minimum atomic E-state index is -2.97. The molecule has 0 saturated carbocycles. The highest BCUT2D eigenvalue weighted by molar-refractivity contribution is 6.39. The Kier molecular flexibility index (Phi) is 10.1. The van der Waals surface area contributed by atoms with Crippen LogP contribution < -0.4 is 26.6 Å². The van der Waals surface area contributed by atoms with Gasteiger partial charge in [-0.25, -0.2) is 23.5 Å². The fraction of sp³-hybridized carbons (Fsp3) is 0.385.